The molecule has 2 unspecified atom stereocenters. The highest BCUT2D eigenvalue weighted by Crippen LogP contribution is 2.30. The first kappa shape index (κ1) is 24.3. The molecule has 0 spiro atoms. The van der Waals surface area contributed by atoms with Gasteiger partial charge < -0.3 is 19.7 Å². The summed E-state index contributed by atoms with van der Waals surface area (Å²) < 4.78 is 35.1. The molecule has 2 aromatic heterocycles. The van der Waals surface area contributed by atoms with Crippen molar-refractivity contribution in [2.45, 2.75) is 38.8 Å². The van der Waals surface area contributed by atoms with Gasteiger partial charge in [0.1, 0.15) is 17.3 Å². The Bertz CT molecular complexity index is 1180. The first-order valence-electron chi connectivity index (χ1n) is 11.3. The number of rotatable bonds is 8. The molecule has 184 valence electrons. The highest BCUT2D eigenvalue weighted by Gasteiger charge is 2.30. The maximum absolute atomic E-state index is 13.2. The first-order valence-corrected chi connectivity index (χ1v) is 11.3. The molecule has 0 radical (unpaired) electrons. The topological polar surface area (TPSA) is 89.5 Å². The van der Waals surface area contributed by atoms with E-state index in [1.54, 1.807) is 36.4 Å². The van der Waals surface area contributed by atoms with Crippen LogP contribution in [0.1, 0.15) is 30.5 Å². The van der Waals surface area contributed by atoms with Crippen LogP contribution in [0.2, 0.25) is 0 Å². The molecule has 3 aromatic rings. The van der Waals surface area contributed by atoms with Crippen molar-refractivity contribution in [3.8, 4) is 22.9 Å². The van der Waals surface area contributed by atoms with Gasteiger partial charge in [0.15, 0.2) is 5.82 Å². The summed E-state index contributed by atoms with van der Waals surface area (Å²) in [5.74, 6) is 1.01. The van der Waals surface area contributed by atoms with Crippen LogP contribution in [0.4, 0.5) is 14.6 Å². The predicted octanol–water partition coefficient (Wildman–Crippen LogP) is 4.27. The number of nitrogens with zero attached hydrogens (tertiary/aromatic N) is 4. The summed E-state index contributed by atoms with van der Waals surface area (Å²) in [6.45, 7) is 1.79. The standard InChI is InChI=1S/C25H27F2N5O3/c1-15(17-11-19(34-3)13-20(12-17)35-25(26)27)24(33)32-10-7-18(14-32)31-22-6-5-21(16(2)30-22)23-28-8-4-9-29-23/h4-6,8-9,11-13,15,18,25H,7,10,14H2,1-3H3,(H,30,31). The molecule has 1 aromatic carbocycles. The van der Waals surface area contributed by atoms with Crippen LogP contribution < -0.4 is 14.8 Å². The second-order valence-electron chi connectivity index (χ2n) is 8.36. The normalized spacial score (nSPS) is 16.3. The van der Waals surface area contributed by atoms with Crippen molar-refractivity contribution in [1.29, 1.82) is 0 Å². The molecule has 1 fully saturated rings. The van der Waals surface area contributed by atoms with E-state index >= 15 is 0 Å². The molecule has 1 saturated heterocycles. The van der Waals surface area contributed by atoms with E-state index in [4.69, 9.17) is 4.74 Å². The Hall–Kier alpha value is -3.82. The molecular formula is C25H27F2N5O3. The van der Waals surface area contributed by atoms with Gasteiger partial charge in [-0.3, -0.25) is 4.79 Å². The van der Waals surface area contributed by atoms with E-state index in [-0.39, 0.29) is 17.7 Å². The molecule has 3 heterocycles. The van der Waals surface area contributed by atoms with Crippen molar-refractivity contribution in [3.05, 3.63) is 60.0 Å². The summed E-state index contributed by atoms with van der Waals surface area (Å²) in [4.78, 5) is 28.1. The maximum atomic E-state index is 13.2. The van der Waals surface area contributed by atoms with Crippen molar-refractivity contribution in [1.82, 2.24) is 19.9 Å². The zero-order valence-electron chi connectivity index (χ0n) is 19.7. The van der Waals surface area contributed by atoms with Gasteiger partial charge in [0.05, 0.1) is 18.7 Å². The largest absolute Gasteiger partial charge is 0.497 e. The van der Waals surface area contributed by atoms with Gasteiger partial charge in [-0.15, -0.1) is 0 Å². The van der Waals surface area contributed by atoms with Crippen LogP contribution in [0.15, 0.2) is 48.8 Å². The van der Waals surface area contributed by atoms with Crippen molar-refractivity contribution >= 4 is 11.7 Å². The number of carbonyl (C=O) groups excluding carboxylic acids is 1. The predicted molar refractivity (Wildman–Crippen MR) is 127 cm³/mol. The number of likely N-dealkylation sites (tertiary alicyclic amines) is 1. The van der Waals surface area contributed by atoms with Crippen molar-refractivity contribution in [2.24, 2.45) is 0 Å². The Morgan fingerprint density at radius 3 is 2.60 bits per heavy atom. The Balaban J connectivity index is 1.40. The van der Waals surface area contributed by atoms with Gasteiger partial charge in [-0.25, -0.2) is 15.0 Å². The molecule has 8 nitrogen and oxygen atoms in total. The van der Waals surface area contributed by atoms with Crippen molar-refractivity contribution < 1.29 is 23.0 Å². The van der Waals surface area contributed by atoms with Gasteiger partial charge in [-0.05, 0) is 56.2 Å². The van der Waals surface area contributed by atoms with Gasteiger partial charge in [-0.1, -0.05) is 0 Å². The number of nitrogens with one attached hydrogen (secondary N) is 1. The lowest BCUT2D eigenvalue weighted by Crippen LogP contribution is -2.34. The Labute approximate surface area is 202 Å². The Morgan fingerprint density at radius 1 is 1.17 bits per heavy atom. The molecule has 0 bridgehead atoms. The van der Waals surface area contributed by atoms with Crippen LogP contribution in [0.25, 0.3) is 11.4 Å². The number of carbonyl (C=O) groups is 1. The number of aromatic nitrogens is 3. The van der Waals surface area contributed by atoms with E-state index in [1.807, 2.05) is 19.1 Å². The van der Waals surface area contributed by atoms with Crippen LogP contribution in [-0.2, 0) is 4.79 Å². The molecule has 0 saturated carbocycles. The molecular weight excluding hydrogens is 456 g/mol. The lowest BCUT2D eigenvalue weighted by molar-refractivity contribution is -0.131. The number of ether oxygens (including phenoxy) is 2. The second kappa shape index (κ2) is 10.6. The summed E-state index contributed by atoms with van der Waals surface area (Å²) in [6.07, 6.45) is 4.15. The number of anilines is 1. The molecule has 4 rings (SSSR count). The fourth-order valence-electron chi connectivity index (χ4n) is 4.15. The summed E-state index contributed by atoms with van der Waals surface area (Å²) in [7, 11) is 1.43. The van der Waals surface area contributed by atoms with Gasteiger partial charge in [0, 0.05) is 43.2 Å². The molecule has 1 aliphatic rings. The molecule has 1 amide bonds. The minimum Gasteiger partial charge on any atom is -0.497 e. The van der Waals surface area contributed by atoms with E-state index in [2.05, 4.69) is 25.0 Å². The molecule has 1 aliphatic heterocycles. The Morgan fingerprint density at radius 2 is 1.91 bits per heavy atom. The number of amides is 1. The van der Waals surface area contributed by atoms with Crippen LogP contribution in [0.3, 0.4) is 0 Å². The monoisotopic (exact) mass is 483 g/mol. The molecule has 0 aliphatic carbocycles. The minimum atomic E-state index is -2.96. The molecule has 2 atom stereocenters. The number of pyridine rings is 1. The average molecular weight is 484 g/mol. The van der Waals surface area contributed by atoms with Crippen LogP contribution in [-0.4, -0.2) is 58.6 Å². The van der Waals surface area contributed by atoms with Crippen LogP contribution >= 0.6 is 0 Å². The van der Waals surface area contributed by atoms with Crippen LogP contribution in [0.5, 0.6) is 11.5 Å². The van der Waals surface area contributed by atoms with Gasteiger partial charge >= 0.3 is 6.61 Å². The molecule has 1 N–H and O–H groups in total. The van der Waals surface area contributed by atoms with E-state index in [0.717, 1.165) is 23.5 Å². The van der Waals surface area contributed by atoms with E-state index < -0.39 is 12.5 Å². The third kappa shape index (κ3) is 5.82. The van der Waals surface area contributed by atoms with Gasteiger partial charge in [0.25, 0.3) is 0 Å². The zero-order chi connectivity index (χ0) is 24.9. The summed E-state index contributed by atoms with van der Waals surface area (Å²) in [6, 6.07) is 10.1. The highest BCUT2D eigenvalue weighted by molar-refractivity contribution is 5.84. The smallest absolute Gasteiger partial charge is 0.387 e. The lowest BCUT2D eigenvalue weighted by Gasteiger charge is -2.22. The number of methoxy groups -OCH3 is 1. The highest BCUT2D eigenvalue weighted by atomic mass is 19.3. The zero-order valence-corrected chi connectivity index (χ0v) is 19.7. The summed E-state index contributed by atoms with van der Waals surface area (Å²) in [5.41, 5.74) is 2.22. The maximum Gasteiger partial charge on any atom is 0.387 e. The minimum absolute atomic E-state index is 0.0410. The van der Waals surface area contributed by atoms with Crippen molar-refractivity contribution in [3.63, 3.8) is 0 Å². The number of hydrogen-bond donors (Lipinski definition) is 1. The number of hydrogen-bond acceptors (Lipinski definition) is 7. The lowest BCUT2D eigenvalue weighted by atomic mass is 9.99. The quantitative estimate of drug-likeness (QED) is 0.512. The SMILES string of the molecule is COc1cc(OC(F)F)cc(C(C)C(=O)N2CCC(Nc3ccc(-c4ncccn4)c(C)n3)C2)c1. The molecule has 10 heteroatoms. The molecule has 35 heavy (non-hydrogen) atoms. The van der Waals surface area contributed by atoms with E-state index in [9.17, 15) is 13.6 Å². The first-order chi connectivity index (χ1) is 16.8. The van der Waals surface area contributed by atoms with Crippen molar-refractivity contribution in [2.75, 3.05) is 25.5 Å². The van der Waals surface area contributed by atoms with Crippen LogP contribution in [0, 0.1) is 6.92 Å². The summed E-state index contributed by atoms with van der Waals surface area (Å²) >= 11 is 0. The Kier molecular flexibility index (Phi) is 7.38. The number of benzene rings is 1. The fourth-order valence-corrected chi connectivity index (χ4v) is 4.15. The second-order valence-corrected chi connectivity index (χ2v) is 8.36. The van der Waals surface area contributed by atoms with Gasteiger partial charge in [0.2, 0.25) is 5.91 Å². The third-order valence-corrected chi connectivity index (χ3v) is 5.98. The number of halogens is 2. The fraction of sp³-hybridized carbons (Fsp3) is 0.360. The average Bonchev–Trinajstić information content (AvgIpc) is 3.31. The van der Waals surface area contributed by atoms with E-state index in [1.165, 1.54) is 19.2 Å². The number of alkyl halides is 2. The van der Waals surface area contributed by atoms with E-state index in [0.29, 0.717) is 30.2 Å². The third-order valence-electron chi connectivity index (χ3n) is 5.98. The van der Waals surface area contributed by atoms with Gasteiger partial charge in [-0.2, -0.15) is 8.78 Å². The number of aryl methyl sites for hydroxylation is 1. The summed E-state index contributed by atoms with van der Waals surface area (Å²) in [5, 5.41) is 3.40.